The van der Waals surface area contributed by atoms with E-state index in [2.05, 4.69) is 10.6 Å². The van der Waals surface area contributed by atoms with Crippen molar-refractivity contribution in [2.45, 2.75) is 39.2 Å². The lowest BCUT2D eigenvalue weighted by Gasteiger charge is -2.19. The molecule has 0 aromatic heterocycles. The van der Waals surface area contributed by atoms with Crippen LogP contribution in [-0.2, 0) is 19.1 Å². The molecule has 0 saturated heterocycles. The maximum absolute atomic E-state index is 12.9. The highest BCUT2D eigenvalue weighted by Gasteiger charge is 2.16. The number of anilines is 1. The molecule has 1 aromatic rings. The summed E-state index contributed by atoms with van der Waals surface area (Å²) < 4.78 is 22.8. The van der Waals surface area contributed by atoms with E-state index in [1.165, 1.54) is 6.07 Å². The van der Waals surface area contributed by atoms with E-state index in [1.807, 2.05) is 0 Å². The van der Waals surface area contributed by atoms with E-state index < -0.39 is 36.0 Å². The molecule has 0 aliphatic carbocycles. The minimum atomic E-state index is -0.598. The summed E-state index contributed by atoms with van der Waals surface area (Å²) in [5.41, 5.74) is -0.375. The van der Waals surface area contributed by atoms with Crippen LogP contribution in [0.2, 0.25) is 5.02 Å². The summed E-state index contributed by atoms with van der Waals surface area (Å²) in [4.78, 5) is 34.7. The molecule has 2 amide bonds. The first-order valence-electron chi connectivity index (χ1n) is 7.94. The quantitative estimate of drug-likeness (QED) is 0.552. The number of carbonyl (C=O) groups is 3. The van der Waals surface area contributed by atoms with E-state index in [9.17, 15) is 18.8 Å². The van der Waals surface area contributed by atoms with Crippen LogP contribution in [0.5, 0.6) is 0 Å². The van der Waals surface area contributed by atoms with Crippen LogP contribution in [-0.4, -0.2) is 36.7 Å². The van der Waals surface area contributed by atoms with Gasteiger partial charge in [-0.2, -0.15) is 0 Å². The maximum atomic E-state index is 12.9. The molecule has 0 aliphatic heterocycles. The molecule has 0 heterocycles. The monoisotopic (exact) mass is 388 g/mol. The lowest BCUT2D eigenvalue weighted by Crippen LogP contribution is -2.33. The Morgan fingerprint density at radius 2 is 1.92 bits per heavy atom. The van der Waals surface area contributed by atoms with Gasteiger partial charge in [0.1, 0.15) is 11.4 Å². The fourth-order valence-electron chi connectivity index (χ4n) is 1.73. The Morgan fingerprint density at radius 1 is 1.23 bits per heavy atom. The third-order valence-corrected chi connectivity index (χ3v) is 3.11. The predicted molar refractivity (Wildman–Crippen MR) is 94.5 cm³/mol. The van der Waals surface area contributed by atoms with Crippen molar-refractivity contribution in [2.75, 3.05) is 18.5 Å². The maximum Gasteiger partial charge on any atom is 0.407 e. The second-order valence-electron chi connectivity index (χ2n) is 6.37. The Kier molecular flexibility index (Phi) is 8.31. The molecular weight excluding hydrogens is 367 g/mol. The number of benzene rings is 1. The third kappa shape index (κ3) is 9.22. The number of hydrogen-bond acceptors (Lipinski definition) is 5. The van der Waals surface area contributed by atoms with Crippen molar-refractivity contribution in [1.82, 2.24) is 5.32 Å². The molecule has 1 aromatic carbocycles. The minimum absolute atomic E-state index is 0.0282. The standard InChI is InChI=1S/C17H22ClFN2O5/c1-17(2,3)26-16(24)20-8-4-5-15(23)25-10-14(22)21-13-7-6-11(19)9-12(13)18/h6-7,9H,4-5,8,10H2,1-3H3,(H,20,24)(H,21,22). The van der Waals surface area contributed by atoms with Gasteiger partial charge < -0.3 is 20.1 Å². The number of hydrogen-bond donors (Lipinski definition) is 2. The highest BCUT2D eigenvalue weighted by atomic mass is 35.5. The van der Waals surface area contributed by atoms with Crippen LogP contribution >= 0.6 is 11.6 Å². The first kappa shape index (κ1) is 21.7. The van der Waals surface area contributed by atoms with Crippen LogP contribution < -0.4 is 10.6 Å². The van der Waals surface area contributed by atoms with E-state index in [-0.39, 0.29) is 23.7 Å². The highest BCUT2D eigenvalue weighted by molar-refractivity contribution is 6.33. The molecule has 0 atom stereocenters. The first-order chi connectivity index (χ1) is 12.1. The Hall–Kier alpha value is -2.35. The topological polar surface area (TPSA) is 93.7 Å². The number of alkyl carbamates (subject to hydrolysis) is 1. The second kappa shape index (κ2) is 9.96. The highest BCUT2D eigenvalue weighted by Crippen LogP contribution is 2.22. The van der Waals surface area contributed by atoms with E-state index >= 15 is 0 Å². The largest absolute Gasteiger partial charge is 0.456 e. The zero-order valence-electron chi connectivity index (χ0n) is 14.9. The summed E-state index contributed by atoms with van der Waals surface area (Å²) in [6, 6.07) is 3.51. The average Bonchev–Trinajstić information content (AvgIpc) is 2.50. The van der Waals surface area contributed by atoms with Gasteiger partial charge in [0.05, 0.1) is 10.7 Å². The minimum Gasteiger partial charge on any atom is -0.456 e. The van der Waals surface area contributed by atoms with Gasteiger partial charge in [0.25, 0.3) is 5.91 Å². The molecule has 0 saturated carbocycles. The molecule has 2 N–H and O–H groups in total. The van der Waals surface area contributed by atoms with Gasteiger partial charge in [0, 0.05) is 13.0 Å². The molecule has 7 nitrogen and oxygen atoms in total. The van der Waals surface area contributed by atoms with Crippen molar-refractivity contribution >= 4 is 35.3 Å². The SMILES string of the molecule is CC(C)(C)OC(=O)NCCCC(=O)OCC(=O)Nc1ccc(F)cc1Cl. The summed E-state index contributed by atoms with van der Waals surface area (Å²) in [7, 11) is 0. The van der Waals surface area contributed by atoms with E-state index in [0.717, 1.165) is 12.1 Å². The van der Waals surface area contributed by atoms with Crippen molar-refractivity contribution < 1.29 is 28.2 Å². The van der Waals surface area contributed by atoms with E-state index in [4.69, 9.17) is 21.1 Å². The van der Waals surface area contributed by atoms with E-state index in [1.54, 1.807) is 20.8 Å². The first-order valence-corrected chi connectivity index (χ1v) is 8.32. The molecule has 0 fully saturated rings. The number of esters is 1. The Labute approximate surface area is 156 Å². The van der Waals surface area contributed by atoms with Crippen LogP contribution in [0.15, 0.2) is 18.2 Å². The van der Waals surface area contributed by atoms with Crippen molar-refractivity contribution in [1.29, 1.82) is 0 Å². The van der Waals surface area contributed by atoms with Crippen LogP contribution in [0.1, 0.15) is 33.6 Å². The number of ether oxygens (including phenoxy) is 2. The van der Waals surface area contributed by atoms with Gasteiger partial charge in [0.15, 0.2) is 6.61 Å². The molecule has 0 radical (unpaired) electrons. The Morgan fingerprint density at radius 3 is 2.54 bits per heavy atom. The smallest absolute Gasteiger partial charge is 0.407 e. The summed E-state index contributed by atoms with van der Waals surface area (Å²) in [5.74, 6) is -1.71. The summed E-state index contributed by atoms with van der Waals surface area (Å²) in [6.45, 7) is 4.98. The molecule has 0 spiro atoms. The van der Waals surface area contributed by atoms with Crippen LogP contribution in [0.4, 0.5) is 14.9 Å². The lowest BCUT2D eigenvalue weighted by atomic mass is 10.2. The van der Waals surface area contributed by atoms with Gasteiger partial charge >= 0.3 is 12.1 Å². The summed E-state index contributed by atoms with van der Waals surface area (Å²) in [5, 5.41) is 4.96. The van der Waals surface area contributed by atoms with Gasteiger partial charge in [-0.3, -0.25) is 9.59 Å². The fourth-order valence-corrected chi connectivity index (χ4v) is 1.95. The van der Waals surface area contributed by atoms with E-state index in [0.29, 0.717) is 6.42 Å². The predicted octanol–water partition coefficient (Wildman–Crippen LogP) is 3.27. The van der Waals surface area contributed by atoms with Gasteiger partial charge in [-0.05, 0) is 45.4 Å². The Balaban J connectivity index is 2.21. The molecule has 0 bridgehead atoms. The van der Waals surface area contributed by atoms with Crippen LogP contribution in [0.3, 0.4) is 0 Å². The van der Waals surface area contributed by atoms with Gasteiger partial charge in [-0.25, -0.2) is 9.18 Å². The van der Waals surface area contributed by atoms with Crippen molar-refractivity contribution in [2.24, 2.45) is 0 Å². The third-order valence-electron chi connectivity index (χ3n) is 2.80. The number of nitrogens with one attached hydrogen (secondary N) is 2. The molecule has 1 rings (SSSR count). The Bertz CT molecular complexity index is 661. The fraction of sp³-hybridized carbons (Fsp3) is 0.471. The molecule has 0 unspecified atom stereocenters. The molecule has 144 valence electrons. The second-order valence-corrected chi connectivity index (χ2v) is 6.77. The number of carbonyl (C=O) groups excluding carboxylic acids is 3. The molecule has 9 heteroatoms. The molecular formula is C17H22ClFN2O5. The number of rotatable bonds is 7. The van der Waals surface area contributed by atoms with Crippen molar-refractivity contribution in [3.63, 3.8) is 0 Å². The van der Waals surface area contributed by atoms with Gasteiger partial charge in [0.2, 0.25) is 0 Å². The zero-order chi connectivity index (χ0) is 19.7. The van der Waals surface area contributed by atoms with Crippen molar-refractivity contribution in [3.8, 4) is 0 Å². The normalized spacial score (nSPS) is 10.8. The number of amides is 2. The van der Waals surface area contributed by atoms with Gasteiger partial charge in [-0.15, -0.1) is 0 Å². The summed E-state index contributed by atoms with van der Waals surface area (Å²) in [6.07, 6.45) is -0.203. The van der Waals surface area contributed by atoms with Crippen LogP contribution in [0, 0.1) is 5.82 Å². The van der Waals surface area contributed by atoms with Crippen molar-refractivity contribution in [3.05, 3.63) is 29.0 Å². The zero-order valence-corrected chi connectivity index (χ0v) is 15.6. The summed E-state index contributed by atoms with van der Waals surface area (Å²) >= 11 is 5.78. The molecule has 26 heavy (non-hydrogen) atoms. The van der Waals surface area contributed by atoms with Gasteiger partial charge in [-0.1, -0.05) is 11.6 Å². The average molecular weight is 389 g/mol. The number of halogens is 2. The lowest BCUT2D eigenvalue weighted by molar-refractivity contribution is -0.147. The van der Waals surface area contributed by atoms with Crippen LogP contribution in [0.25, 0.3) is 0 Å². The molecule has 0 aliphatic rings.